The summed E-state index contributed by atoms with van der Waals surface area (Å²) in [6, 6.07) is 18.7. The third-order valence-electron chi connectivity index (χ3n) is 4.39. The summed E-state index contributed by atoms with van der Waals surface area (Å²) in [6.45, 7) is 0. The van der Waals surface area contributed by atoms with Crippen LogP contribution in [0.1, 0.15) is 0 Å². The van der Waals surface area contributed by atoms with Gasteiger partial charge in [0.1, 0.15) is 0 Å². The van der Waals surface area contributed by atoms with Crippen molar-refractivity contribution >= 4 is 103 Å². The molecule has 2 heterocycles. The first-order valence-electron chi connectivity index (χ1n) is 7.04. The van der Waals surface area contributed by atoms with E-state index < -0.39 is 0 Å². The Labute approximate surface area is 150 Å². The average molecular weight is 540 g/mol. The van der Waals surface area contributed by atoms with Gasteiger partial charge in [0.25, 0.3) is 0 Å². The van der Waals surface area contributed by atoms with Crippen LogP contribution in [-0.2, 0) is 0 Å². The van der Waals surface area contributed by atoms with Crippen LogP contribution in [0.5, 0.6) is 0 Å². The zero-order valence-corrected chi connectivity index (χ0v) is 18.1. The molecule has 0 aromatic heterocycles. The molecule has 0 fully saturated rings. The van der Waals surface area contributed by atoms with Crippen LogP contribution in [0.3, 0.4) is 0 Å². The van der Waals surface area contributed by atoms with Gasteiger partial charge in [0.05, 0.1) is 0 Å². The van der Waals surface area contributed by atoms with Crippen molar-refractivity contribution in [3.05, 3.63) is 48.5 Å². The van der Waals surface area contributed by atoms with Crippen molar-refractivity contribution < 1.29 is 0 Å². The Hall–Kier alpha value is -0.262. The van der Waals surface area contributed by atoms with Crippen molar-refractivity contribution in [2.45, 2.75) is 0 Å². The maximum atomic E-state index is 2.48. The van der Waals surface area contributed by atoms with Crippen LogP contribution in [0.15, 0.2) is 48.5 Å². The summed E-state index contributed by atoms with van der Waals surface area (Å²) in [7, 11) is 0. The van der Waals surface area contributed by atoms with Gasteiger partial charge in [0.15, 0.2) is 0 Å². The van der Waals surface area contributed by atoms with Crippen molar-refractivity contribution in [3.8, 4) is 0 Å². The van der Waals surface area contributed by atoms with Gasteiger partial charge in [-0.05, 0) is 0 Å². The van der Waals surface area contributed by atoms with E-state index in [1.807, 2.05) is 0 Å². The molecule has 2 aliphatic rings. The monoisotopic (exact) mass is 544 g/mol. The van der Waals surface area contributed by atoms with Crippen molar-refractivity contribution in [3.63, 3.8) is 0 Å². The van der Waals surface area contributed by atoms with E-state index in [4.69, 9.17) is 0 Å². The van der Waals surface area contributed by atoms with Gasteiger partial charge in [0, 0.05) is 0 Å². The fraction of sp³-hybridized carbons (Fsp3) is 0. The molecule has 4 aromatic carbocycles. The van der Waals surface area contributed by atoms with Crippen LogP contribution < -0.4 is 17.8 Å². The summed E-state index contributed by atoms with van der Waals surface area (Å²) in [5, 5.41) is 9.36. The molecule has 104 valence electrons. The molecule has 0 bridgehead atoms. The van der Waals surface area contributed by atoms with Gasteiger partial charge in [-0.1, -0.05) is 0 Å². The van der Waals surface area contributed by atoms with E-state index in [-0.39, 0.29) is 0 Å². The number of fused-ring (bicyclic) bond motifs is 4. The summed E-state index contributed by atoms with van der Waals surface area (Å²) in [5.74, 6) is 0. The van der Waals surface area contributed by atoms with Gasteiger partial charge in [-0.25, -0.2) is 0 Å². The molecule has 0 amide bonds. The topological polar surface area (TPSA) is 0 Å². The molecule has 0 unspecified atom stereocenters. The van der Waals surface area contributed by atoms with Gasteiger partial charge in [-0.3, -0.25) is 0 Å². The van der Waals surface area contributed by atoms with Crippen LogP contribution in [0.2, 0.25) is 0 Å². The summed E-state index contributed by atoms with van der Waals surface area (Å²) in [6.07, 6.45) is 0. The molecule has 22 heavy (non-hydrogen) atoms. The van der Waals surface area contributed by atoms with E-state index in [2.05, 4.69) is 48.5 Å². The Bertz CT molecular complexity index is 1040. The third kappa shape index (κ3) is 1.60. The zero-order valence-electron chi connectivity index (χ0n) is 11.3. The number of hydrogen-bond acceptors (Lipinski definition) is 0. The van der Waals surface area contributed by atoms with Crippen molar-refractivity contribution in [1.82, 2.24) is 0 Å². The van der Waals surface area contributed by atoms with Gasteiger partial charge < -0.3 is 0 Å². The zero-order chi connectivity index (χ0) is 14.3. The average Bonchev–Trinajstić information content (AvgIpc) is 3.16. The van der Waals surface area contributed by atoms with E-state index in [0.29, 0.717) is 52.5 Å². The Morgan fingerprint density at radius 2 is 1.05 bits per heavy atom. The molecule has 0 spiro atoms. The molecular formula is C18H8Se4. The molecule has 6 rings (SSSR count). The standard InChI is InChI=1S/C18H8Se4/c1-2-4-10-8-12-11(7-9(10)3-1)17-15-13(19-21-17)5-6-14-16(15)18(12)22-20-14/h1-8H. The van der Waals surface area contributed by atoms with Crippen LogP contribution >= 0.6 is 0 Å². The first kappa shape index (κ1) is 13.1. The molecule has 4 aromatic rings. The van der Waals surface area contributed by atoms with Crippen LogP contribution in [0, 0.1) is 0 Å². The summed E-state index contributed by atoms with van der Waals surface area (Å²) >= 11 is 2.76. The second kappa shape index (κ2) is 4.64. The number of benzene rings is 4. The Kier molecular flexibility index (Phi) is 2.76. The second-order valence-corrected chi connectivity index (χ2v) is 17.8. The number of hydrogen-bond donors (Lipinski definition) is 0. The van der Waals surface area contributed by atoms with E-state index >= 15 is 0 Å². The predicted octanol–water partition coefficient (Wildman–Crippen LogP) is 0.321. The first-order valence-corrected chi connectivity index (χ1v) is 19.1. The quantitative estimate of drug-likeness (QED) is 0.223. The van der Waals surface area contributed by atoms with E-state index in [0.717, 1.165) is 0 Å². The molecule has 0 N–H and O–H groups in total. The van der Waals surface area contributed by atoms with E-state index in [1.54, 1.807) is 39.4 Å². The summed E-state index contributed by atoms with van der Waals surface area (Å²) < 4.78 is 6.81. The molecule has 4 heteroatoms. The summed E-state index contributed by atoms with van der Waals surface area (Å²) in [4.78, 5) is 0. The molecule has 0 saturated heterocycles. The van der Waals surface area contributed by atoms with Gasteiger partial charge in [-0.15, -0.1) is 0 Å². The normalized spacial score (nSPS) is 15.5. The number of rotatable bonds is 0. The Balaban J connectivity index is 1.95. The first-order chi connectivity index (χ1) is 10.9. The van der Waals surface area contributed by atoms with Gasteiger partial charge >= 0.3 is 151 Å². The minimum absolute atomic E-state index is 0.676. The van der Waals surface area contributed by atoms with Crippen LogP contribution in [0.25, 0.3) is 32.3 Å². The molecule has 2 aliphatic heterocycles. The minimum atomic E-state index is 0.676. The summed E-state index contributed by atoms with van der Waals surface area (Å²) in [5.41, 5.74) is 0. The SMILES string of the molecule is c1ccc2cc3c4c5c(ccc6c5c(c3cc2c1)[Se][Se]6)[Se][Se]4. The molecule has 0 saturated carbocycles. The predicted molar refractivity (Wildman–Crippen MR) is 101 cm³/mol. The van der Waals surface area contributed by atoms with Crippen molar-refractivity contribution in [2.75, 3.05) is 0 Å². The van der Waals surface area contributed by atoms with Gasteiger partial charge in [-0.2, -0.15) is 0 Å². The molecule has 0 atom stereocenters. The fourth-order valence-electron chi connectivity index (χ4n) is 3.39. The van der Waals surface area contributed by atoms with Crippen molar-refractivity contribution in [2.24, 2.45) is 0 Å². The van der Waals surface area contributed by atoms with E-state index in [1.165, 1.54) is 10.8 Å². The maximum absolute atomic E-state index is 2.48. The van der Waals surface area contributed by atoms with Crippen LogP contribution in [-0.4, -0.2) is 52.5 Å². The van der Waals surface area contributed by atoms with Crippen LogP contribution in [0.4, 0.5) is 0 Å². The third-order valence-corrected chi connectivity index (χ3v) is 18.8. The fourth-order valence-corrected chi connectivity index (χ4v) is 19.4. The molecule has 0 nitrogen and oxygen atoms in total. The molecule has 0 aliphatic carbocycles. The van der Waals surface area contributed by atoms with Crippen molar-refractivity contribution in [1.29, 1.82) is 0 Å². The van der Waals surface area contributed by atoms with Gasteiger partial charge in [0.2, 0.25) is 0 Å². The molecular weight excluding hydrogens is 532 g/mol. The molecule has 0 radical (unpaired) electrons. The second-order valence-electron chi connectivity index (χ2n) is 5.55. The Morgan fingerprint density at radius 1 is 0.545 bits per heavy atom. The Morgan fingerprint density at radius 3 is 1.55 bits per heavy atom. The van der Waals surface area contributed by atoms with E-state index in [9.17, 15) is 0 Å².